The molecule has 0 spiro atoms. The number of halogens is 1. The van der Waals surface area contributed by atoms with Crippen molar-refractivity contribution >= 4 is 12.4 Å². The number of carbonyl (C=O) groups excluding carboxylic acids is 1. The standard InChI is InChI=1S/C10H10FNO3/c11-8-4-2-1-3-7(8)9(12-6-13)5-10(14)15/h1-4,6,9H,5H2,(H,12,13)(H,14,15). The van der Waals surface area contributed by atoms with E-state index in [-0.39, 0.29) is 12.0 Å². The summed E-state index contributed by atoms with van der Waals surface area (Å²) in [6.07, 6.45) is 0.0136. The number of nitrogens with one attached hydrogen (secondary N) is 1. The van der Waals surface area contributed by atoms with Crippen LogP contribution in [-0.4, -0.2) is 17.5 Å². The number of carboxylic acid groups (broad SMARTS) is 1. The lowest BCUT2D eigenvalue weighted by molar-refractivity contribution is -0.137. The van der Waals surface area contributed by atoms with Gasteiger partial charge in [-0.25, -0.2) is 4.39 Å². The first-order valence-corrected chi connectivity index (χ1v) is 4.31. The van der Waals surface area contributed by atoms with Crippen molar-refractivity contribution in [3.63, 3.8) is 0 Å². The van der Waals surface area contributed by atoms with Gasteiger partial charge in [-0.3, -0.25) is 9.59 Å². The molecule has 80 valence electrons. The second kappa shape index (κ2) is 5.09. The second-order valence-corrected chi connectivity index (χ2v) is 2.96. The van der Waals surface area contributed by atoms with Crippen LogP contribution in [-0.2, 0) is 9.59 Å². The number of rotatable bonds is 5. The number of benzene rings is 1. The molecule has 1 atom stereocenters. The summed E-state index contributed by atoms with van der Waals surface area (Å²) in [5.41, 5.74) is 0.173. The van der Waals surface area contributed by atoms with Gasteiger partial charge in [0.15, 0.2) is 0 Å². The van der Waals surface area contributed by atoms with Gasteiger partial charge >= 0.3 is 5.97 Å². The quantitative estimate of drug-likeness (QED) is 0.716. The second-order valence-electron chi connectivity index (χ2n) is 2.96. The largest absolute Gasteiger partial charge is 0.481 e. The van der Waals surface area contributed by atoms with E-state index in [1.54, 1.807) is 6.07 Å². The highest BCUT2D eigenvalue weighted by atomic mass is 19.1. The van der Waals surface area contributed by atoms with Crippen molar-refractivity contribution in [2.75, 3.05) is 0 Å². The van der Waals surface area contributed by atoms with Crippen LogP contribution in [0, 0.1) is 5.82 Å². The van der Waals surface area contributed by atoms with Crippen molar-refractivity contribution in [2.45, 2.75) is 12.5 Å². The fourth-order valence-electron chi connectivity index (χ4n) is 1.27. The van der Waals surface area contributed by atoms with Crippen molar-refractivity contribution in [3.05, 3.63) is 35.6 Å². The molecule has 1 aromatic carbocycles. The van der Waals surface area contributed by atoms with E-state index in [4.69, 9.17) is 5.11 Å². The smallest absolute Gasteiger partial charge is 0.305 e. The summed E-state index contributed by atoms with van der Waals surface area (Å²) in [5.74, 6) is -1.63. The normalized spacial score (nSPS) is 11.8. The number of hydrogen-bond acceptors (Lipinski definition) is 2. The molecule has 0 fully saturated rings. The maximum Gasteiger partial charge on any atom is 0.305 e. The average Bonchev–Trinajstić information content (AvgIpc) is 2.17. The molecule has 0 heterocycles. The minimum absolute atomic E-state index is 0.173. The first-order valence-electron chi connectivity index (χ1n) is 4.31. The minimum Gasteiger partial charge on any atom is -0.481 e. The number of carbonyl (C=O) groups is 2. The lowest BCUT2D eigenvalue weighted by atomic mass is 10.0. The Balaban J connectivity index is 2.92. The SMILES string of the molecule is O=CNC(CC(=O)O)c1ccccc1F. The van der Waals surface area contributed by atoms with Gasteiger partial charge in [0.05, 0.1) is 12.5 Å². The number of carboxylic acids is 1. The topological polar surface area (TPSA) is 66.4 Å². The lowest BCUT2D eigenvalue weighted by Crippen LogP contribution is -2.23. The van der Waals surface area contributed by atoms with Crippen molar-refractivity contribution < 1.29 is 19.1 Å². The highest BCUT2D eigenvalue weighted by Gasteiger charge is 2.17. The summed E-state index contributed by atoms with van der Waals surface area (Å²) in [4.78, 5) is 20.7. The summed E-state index contributed by atoms with van der Waals surface area (Å²) in [5, 5.41) is 10.9. The predicted molar refractivity (Wildman–Crippen MR) is 50.6 cm³/mol. The third-order valence-corrected chi connectivity index (χ3v) is 1.93. The molecule has 1 amide bonds. The van der Waals surface area contributed by atoms with E-state index in [1.807, 2.05) is 0 Å². The van der Waals surface area contributed by atoms with Gasteiger partial charge in [-0.1, -0.05) is 18.2 Å². The van der Waals surface area contributed by atoms with E-state index in [9.17, 15) is 14.0 Å². The maximum absolute atomic E-state index is 13.3. The van der Waals surface area contributed by atoms with Gasteiger partial charge in [0.1, 0.15) is 5.82 Å². The Kier molecular flexibility index (Phi) is 3.79. The summed E-state index contributed by atoms with van der Waals surface area (Å²) < 4.78 is 13.3. The van der Waals surface area contributed by atoms with E-state index < -0.39 is 17.8 Å². The minimum atomic E-state index is -1.10. The molecule has 0 saturated heterocycles. The molecule has 1 unspecified atom stereocenters. The van der Waals surface area contributed by atoms with Gasteiger partial charge in [-0.2, -0.15) is 0 Å². The molecule has 0 bridgehead atoms. The third-order valence-electron chi connectivity index (χ3n) is 1.93. The highest BCUT2D eigenvalue weighted by Crippen LogP contribution is 2.19. The molecule has 0 aliphatic rings. The molecule has 4 nitrogen and oxygen atoms in total. The molecule has 0 radical (unpaired) electrons. The zero-order chi connectivity index (χ0) is 11.3. The molecule has 1 aromatic rings. The Morgan fingerprint density at radius 2 is 2.20 bits per heavy atom. The molecule has 0 aliphatic carbocycles. The van der Waals surface area contributed by atoms with Crippen molar-refractivity contribution in [1.29, 1.82) is 0 Å². The maximum atomic E-state index is 13.3. The summed E-state index contributed by atoms with van der Waals surface area (Å²) in [6.45, 7) is 0. The van der Waals surface area contributed by atoms with Crippen molar-refractivity contribution in [3.8, 4) is 0 Å². The molecule has 1 rings (SSSR count). The number of amides is 1. The monoisotopic (exact) mass is 211 g/mol. The molecule has 0 saturated carbocycles. The van der Waals surface area contributed by atoms with Gasteiger partial charge in [0.25, 0.3) is 0 Å². The molecule has 2 N–H and O–H groups in total. The van der Waals surface area contributed by atoms with Crippen LogP contribution in [0.25, 0.3) is 0 Å². The first-order chi connectivity index (χ1) is 7.15. The fraction of sp³-hybridized carbons (Fsp3) is 0.200. The van der Waals surface area contributed by atoms with Gasteiger partial charge in [0.2, 0.25) is 6.41 Å². The zero-order valence-corrected chi connectivity index (χ0v) is 7.81. The molecular formula is C10H10FNO3. The highest BCUT2D eigenvalue weighted by molar-refractivity contribution is 5.68. The number of aliphatic carboxylic acids is 1. The van der Waals surface area contributed by atoms with Crippen LogP contribution >= 0.6 is 0 Å². The van der Waals surface area contributed by atoms with Crippen LogP contribution in [0.15, 0.2) is 24.3 Å². The van der Waals surface area contributed by atoms with E-state index in [1.165, 1.54) is 18.2 Å². The Bertz CT molecular complexity index is 367. The van der Waals surface area contributed by atoms with Crippen molar-refractivity contribution in [2.24, 2.45) is 0 Å². The third kappa shape index (κ3) is 3.05. The number of hydrogen-bond donors (Lipinski definition) is 2. The lowest BCUT2D eigenvalue weighted by Gasteiger charge is -2.14. The Morgan fingerprint density at radius 3 is 2.73 bits per heavy atom. The van der Waals surface area contributed by atoms with E-state index in [2.05, 4.69) is 5.32 Å². The zero-order valence-electron chi connectivity index (χ0n) is 7.81. The van der Waals surface area contributed by atoms with E-state index in [0.29, 0.717) is 6.41 Å². The molecule has 5 heteroatoms. The van der Waals surface area contributed by atoms with Gasteiger partial charge in [0, 0.05) is 5.56 Å². The van der Waals surface area contributed by atoms with Gasteiger partial charge < -0.3 is 10.4 Å². The van der Waals surface area contributed by atoms with E-state index >= 15 is 0 Å². The van der Waals surface area contributed by atoms with Crippen LogP contribution in [0.3, 0.4) is 0 Å². The predicted octanol–water partition coefficient (Wildman–Crippen LogP) is 1.09. The Hall–Kier alpha value is -1.91. The van der Waals surface area contributed by atoms with E-state index in [0.717, 1.165) is 0 Å². The van der Waals surface area contributed by atoms with Crippen LogP contribution in [0.2, 0.25) is 0 Å². The Morgan fingerprint density at radius 1 is 1.53 bits per heavy atom. The van der Waals surface area contributed by atoms with Crippen LogP contribution < -0.4 is 5.32 Å². The van der Waals surface area contributed by atoms with Crippen LogP contribution in [0.4, 0.5) is 4.39 Å². The van der Waals surface area contributed by atoms with Gasteiger partial charge in [-0.05, 0) is 6.07 Å². The summed E-state index contributed by atoms with van der Waals surface area (Å²) in [6, 6.07) is 4.91. The summed E-state index contributed by atoms with van der Waals surface area (Å²) >= 11 is 0. The average molecular weight is 211 g/mol. The van der Waals surface area contributed by atoms with Crippen molar-refractivity contribution in [1.82, 2.24) is 5.32 Å². The fourth-order valence-corrected chi connectivity index (χ4v) is 1.27. The molecule has 0 aliphatic heterocycles. The molecular weight excluding hydrogens is 201 g/mol. The molecule has 15 heavy (non-hydrogen) atoms. The first kappa shape index (κ1) is 11.2. The van der Waals surface area contributed by atoms with Crippen LogP contribution in [0.5, 0.6) is 0 Å². The Labute approximate surface area is 85.7 Å². The molecule has 0 aromatic heterocycles. The summed E-state index contributed by atoms with van der Waals surface area (Å²) in [7, 11) is 0. The van der Waals surface area contributed by atoms with Gasteiger partial charge in [-0.15, -0.1) is 0 Å². The van der Waals surface area contributed by atoms with Crippen LogP contribution in [0.1, 0.15) is 18.0 Å².